The van der Waals surface area contributed by atoms with Crippen LogP contribution in [0, 0.1) is 5.41 Å². The lowest BCUT2D eigenvalue weighted by atomic mass is 9.58. The van der Waals surface area contributed by atoms with E-state index < -0.39 is 5.41 Å². The van der Waals surface area contributed by atoms with Gasteiger partial charge in [-0.1, -0.05) is 80.8 Å². The van der Waals surface area contributed by atoms with Crippen LogP contribution in [0.25, 0.3) is 0 Å². The van der Waals surface area contributed by atoms with Gasteiger partial charge in [-0.3, -0.25) is 4.79 Å². The molecule has 0 N–H and O–H groups in total. The minimum Gasteiger partial charge on any atom is -0.294 e. The van der Waals surface area contributed by atoms with Gasteiger partial charge < -0.3 is 0 Å². The molecule has 2 aromatic rings. The molecular formula is C21H23ClO. The standard InChI is InChI=1S/C21H23ClO/c1-20(2,19(23)16-8-4-3-5-9-16)21(14-6-7-15-21)17-10-12-18(22)13-11-17/h3-5,8-13H,6-7,14-15H2,1-2H3. The molecule has 23 heavy (non-hydrogen) atoms. The van der Waals surface area contributed by atoms with Gasteiger partial charge in [-0.15, -0.1) is 0 Å². The fraction of sp³-hybridized carbons (Fsp3) is 0.381. The fourth-order valence-corrected chi connectivity index (χ4v) is 4.32. The van der Waals surface area contributed by atoms with Crippen molar-refractivity contribution in [3.8, 4) is 0 Å². The van der Waals surface area contributed by atoms with Crippen molar-refractivity contribution in [3.05, 3.63) is 70.7 Å². The molecule has 0 saturated heterocycles. The van der Waals surface area contributed by atoms with E-state index in [-0.39, 0.29) is 11.2 Å². The molecule has 0 unspecified atom stereocenters. The number of carbonyl (C=O) groups excluding carboxylic acids is 1. The van der Waals surface area contributed by atoms with Gasteiger partial charge in [0.15, 0.2) is 5.78 Å². The van der Waals surface area contributed by atoms with Crippen molar-refractivity contribution in [2.24, 2.45) is 5.41 Å². The van der Waals surface area contributed by atoms with Gasteiger partial charge in [0.1, 0.15) is 0 Å². The van der Waals surface area contributed by atoms with Gasteiger partial charge in [0.05, 0.1) is 0 Å². The Morgan fingerprint density at radius 1 is 0.957 bits per heavy atom. The Kier molecular flexibility index (Phi) is 4.33. The quantitative estimate of drug-likeness (QED) is 0.624. The second kappa shape index (κ2) is 6.13. The number of hydrogen-bond acceptors (Lipinski definition) is 1. The van der Waals surface area contributed by atoms with E-state index in [4.69, 9.17) is 11.6 Å². The predicted molar refractivity (Wildman–Crippen MR) is 96.2 cm³/mol. The first-order valence-corrected chi connectivity index (χ1v) is 8.71. The second-order valence-electron chi connectivity index (χ2n) is 7.12. The van der Waals surface area contributed by atoms with E-state index in [9.17, 15) is 4.79 Å². The van der Waals surface area contributed by atoms with Crippen LogP contribution in [-0.2, 0) is 5.41 Å². The molecule has 0 aliphatic heterocycles. The Bertz CT molecular complexity index is 680. The topological polar surface area (TPSA) is 17.1 Å². The lowest BCUT2D eigenvalue weighted by Crippen LogP contribution is -2.45. The van der Waals surface area contributed by atoms with E-state index in [0.29, 0.717) is 0 Å². The Balaban J connectivity index is 2.06. The Morgan fingerprint density at radius 3 is 2.09 bits per heavy atom. The molecule has 1 aliphatic rings. The molecule has 3 rings (SSSR count). The molecule has 0 amide bonds. The maximum Gasteiger partial charge on any atom is 0.169 e. The molecule has 1 fully saturated rings. The highest BCUT2D eigenvalue weighted by atomic mass is 35.5. The van der Waals surface area contributed by atoms with Gasteiger partial charge >= 0.3 is 0 Å². The monoisotopic (exact) mass is 326 g/mol. The van der Waals surface area contributed by atoms with Crippen LogP contribution in [0.4, 0.5) is 0 Å². The van der Waals surface area contributed by atoms with E-state index >= 15 is 0 Å². The third kappa shape index (κ3) is 2.72. The van der Waals surface area contributed by atoms with Crippen LogP contribution in [0.3, 0.4) is 0 Å². The van der Waals surface area contributed by atoms with Crippen molar-refractivity contribution in [1.29, 1.82) is 0 Å². The zero-order chi connectivity index (χ0) is 16.5. The average Bonchev–Trinajstić information content (AvgIpc) is 3.07. The van der Waals surface area contributed by atoms with Gasteiger partial charge in [-0.25, -0.2) is 0 Å². The number of carbonyl (C=O) groups is 1. The first-order valence-electron chi connectivity index (χ1n) is 8.33. The molecule has 0 radical (unpaired) electrons. The van der Waals surface area contributed by atoms with Crippen molar-refractivity contribution in [2.45, 2.75) is 44.9 Å². The number of ketones is 1. The van der Waals surface area contributed by atoms with Crippen molar-refractivity contribution >= 4 is 17.4 Å². The van der Waals surface area contributed by atoms with Crippen molar-refractivity contribution in [2.75, 3.05) is 0 Å². The normalized spacial score (nSPS) is 17.2. The van der Waals surface area contributed by atoms with E-state index in [1.54, 1.807) is 0 Å². The van der Waals surface area contributed by atoms with E-state index in [2.05, 4.69) is 26.0 Å². The second-order valence-corrected chi connectivity index (χ2v) is 7.55. The zero-order valence-corrected chi connectivity index (χ0v) is 14.6. The summed E-state index contributed by atoms with van der Waals surface area (Å²) in [6.45, 7) is 4.23. The summed E-state index contributed by atoms with van der Waals surface area (Å²) in [4.78, 5) is 13.3. The Morgan fingerprint density at radius 2 is 1.52 bits per heavy atom. The highest BCUT2D eigenvalue weighted by molar-refractivity contribution is 6.30. The molecule has 0 spiro atoms. The summed E-state index contributed by atoms with van der Waals surface area (Å²) in [6.07, 6.45) is 4.46. The molecule has 0 bridgehead atoms. The van der Waals surface area contributed by atoms with Crippen LogP contribution < -0.4 is 0 Å². The largest absolute Gasteiger partial charge is 0.294 e. The molecule has 1 nitrogen and oxygen atoms in total. The summed E-state index contributed by atoms with van der Waals surface area (Å²) < 4.78 is 0. The number of halogens is 1. The summed E-state index contributed by atoms with van der Waals surface area (Å²) >= 11 is 6.07. The average molecular weight is 327 g/mol. The maximum absolute atomic E-state index is 13.3. The molecular weight excluding hydrogens is 304 g/mol. The first kappa shape index (κ1) is 16.3. The predicted octanol–water partition coefficient (Wildman–Crippen LogP) is 6.06. The van der Waals surface area contributed by atoms with E-state index in [0.717, 1.165) is 23.4 Å². The molecule has 0 atom stereocenters. The molecule has 0 aromatic heterocycles. The number of rotatable bonds is 4. The van der Waals surface area contributed by atoms with Crippen LogP contribution in [0.2, 0.25) is 5.02 Å². The fourth-order valence-electron chi connectivity index (χ4n) is 4.19. The number of benzene rings is 2. The van der Waals surface area contributed by atoms with Crippen molar-refractivity contribution in [1.82, 2.24) is 0 Å². The van der Waals surface area contributed by atoms with Crippen LogP contribution >= 0.6 is 11.6 Å². The summed E-state index contributed by atoms with van der Waals surface area (Å²) in [6, 6.07) is 17.8. The molecule has 1 aliphatic carbocycles. The maximum atomic E-state index is 13.3. The molecule has 120 valence electrons. The SMILES string of the molecule is CC(C)(C(=O)c1ccccc1)C1(c2ccc(Cl)cc2)CCCC1. The smallest absolute Gasteiger partial charge is 0.169 e. The highest BCUT2D eigenvalue weighted by Crippen LogP contribution is 2.54. The minimum absolute atomic E-state index is 0.107. The van der Waals surface area contributed by atoms with Crippen molar-refractivity contribution in [3.63, 3.8) is 0 Å². The van der Waals surface area contributed by atoms with Gasteiger partial charge in [-0.05, 0) is 30.5 Å². The Hall–Kier alpha value is -1.60. The van der Waals surface area contributed by atoms with Gasteiger partial charge in [0.25, 0.3) is 0 Å². The van der Waals surface area contributed by atoms with Crippen LogP contribution in [0.5, 0.6) is 0 Å². The minimum atomic E-state index is -0.446. The van der Waals surface area contributed by atoms with Gasteiger partial charge in [0, 0.05) is 21.4 Å². The van der Waals surface area contributed by atoms with E-state index in [1.807, 2.05) is 42.5 Å². The van der Waals surface area contributed by atoms with Crippen LogP contribution in [-0.4, -0.2) is 5.78 Å². The lowest BCUT2D eigenvalue weighted by molar-refractivity contribution is 0.0682. The highest BCUT2D eigenvalue weighted by Gasteiger charge is 2.51. The van der Waals surface area contributed by atoms with Gasteiger partial charge in [0.2, 0.25) is 0 Å². The van der Waals surface area contributed by atoms with Crippen molar-refractivity contribution < 1.29 is 4.79 Å². The summed E-state index contributed by atoms with van der Waals surface area (Å²) in [5.74, 6) is 0.231. The number of hydrogen-bond donors (Lipinski definition) is 0. The summed E-state index contributed by atoms with van der Waals surface area (Å²) in [7, 11) is 0. The summed E-state index contributed by atoms with van der Waals surface area (Å²) in [5, 5.41) is 0.745. The molecule has 0 heterocycles. The van der Waals surface area contributed by atoms with Gasteiger partial charge in [-0.2, -0.15) is 0 Å². The van der Waals surface area contributed by atoms with E-state index in [1.165, 1.54) is 18.4 Å². The third-order valence-electron chi connectivity index (χ3n) is 5.65. The first-order chi connectivity index (χ1) is 11.0. The molecule has 1 saturated carbocycles. The zero-order valence-electron chi connectivity index (χ0n) is 13.8. The number of Topliss-reactive ketones (excluding diaryl/α,β-unsaturated/α-hetero) is 1. The molecule has 2 aromatic carbocycles. The lowest BCUT2D eigenvalue weighted by Gasteiger charge is -2.44. The van der Waals surface area contributed by atoms with Crippen LogP contribution in [0.15, 0.2) is 54.6 Å². The Labute approximate surface area is 143 Å². The summed E-state index contributed by atoms with van der Waals surface area (Å²) in [5.41, 5.74) is 1.50. The van der Waals surface area contributed by atoms with Crippen LogP contribution in [0.1, 0.15) is 55.5 Å². The molecule has 2 heteroatoms. The third-order valence-corrected chi connectivity index (χ3v) is 5.91.